The molecule has 3 rings (SSSR count). The Balaban J connectivity index is 1.60. The molecule has 1 saturated heterocycles. The molecule has 1 aliphatic heterocycles. The molecule has 1 aromatic heterocycles. The Kier molecular flexibility index (Phi) is 6.55. The van der Waals surface area contributed by atoms with Gasteiger partial charge < -0.3 is 15.4 Å². The van der Waals surface area contributed by atoms with Gasteiger partial charge in [-0.1, -0.05) is 11.6 Å². The third-order valence-corrected chi connectivity index (χ3v) is 5.89. The Morgan fingerprint density at radius 3 is 2.55 bits per heavy atom. The molecule has 2 fully saturated rings. The molecular formula is C19H23ClF3N3O3. The minimum absolute atomic E-state index is 0.00886. The molecule has 2 amide bonds. The summed E-state index contributed by atoms with van der Waals surface area (Å²) < 4.78 is 44.3. The second-order valence-corrected chi connectivity index (χ2v) is 8.03. The van der Waals surface area contributed by atoms with Crippen LogP contribution in [0.1, 0.15) is 49.0 Å². The van der Waals surface area contributed by atoms with Crippen LogP contribution in [0.5, 0.6) is 5.75 Å². The maximum atomic E-state index is 12.9. The molecule has 1 aliphatic carbocycles. The van der Waals surface area contributed by atoms with Crippen molar-refractivity contribution in [3.8, 4) is 5.75 Å². The molecule has 6 nitrogen and oxygen atoms in total. The molecule has 1 atom stereocenters. The van der Waals surface area contributed by atoms with Crippen molar-refractivity contribution < 1.29 is 27.5 Å². The van der Waals surface area contributed by atoms with Crippen LogP contribution in [0.15, 0.2) is 12.3 Å². The molecule has 0 aromatic carbocycles. The van der Waals surface area contributed by atoms with Gasteiger partial charge in [-0.15, -0.1) is 0 Å². The van der Waals surface area contributed by atoms with Gasteiger partial charge in [0.2, 0.25) is 5.91 Å². The maximum Gasteiger partial charge on any atom is 0.391 e. The highest BCUT2D eigenvalue weighted by Crippen LogP contribution is 2.40. The predicted octanol–water partition coefficient (Wildman–Crippen LogP) is 3.57. The summed E-state index contributed by atoms with van der Waals surface area (Å²) in [6.45, 7) is 0.675. The molecule has 1 aromatic rings. The van der Waals surface area contributed by atoms with Crippen LogP contribution in [0.4, 0.5) is 13.2 Å². The Morgan fingerprint density at radius 1 is 1.24 bits per heavy atom. The SMILES string of the molecule is NC(=O)c1ncc(Cl)cc1OC[C@H]1CCCN1C(=O)[C@H]1CC[C@@H](C(F)(F)F)CC1. The van der Waals surface area contributed by atoms with Gasteiger partial charge in [-0.3, -0.25) is 9.59 Å². The first kappa shape index (κ1) is 21.7. The summed E-state index contributed by atoms with van der Waals surface area (Å²) in [5.74, 6) is -2.42. The van der Waals surface area contributed by atoms with Crippen LogP contribution >= 0.6 is 11.6 Å². The minimum Gasteiger partial charge on any atom is -0.489 e. The van der Waals surface area contributed by atoms with Gasteiger partial charge in [0.05, 0.1) is 17.0 Å². The summed E-state index contributed by atoms with van der Waals surface area (Å²) in [6, 6.07) is 1.22. The van der Waals surface area contributed by atoms with E-state index in [2.05, 4.69) is 4.98 Å². The summed E-state index contributed by atoms with van der Waals surface area (Å²) in [7, 11) is 0. The highest BCUT2D eigenvalue weighted by Gasteiger charge is 2.44. The van der Waals surface area contributed by atoms with Crippen molar-refractivity contribution in [1.82, 2.24) is 9.88 Å². The summed E-state index contributed by atoms with van der Waals surface area (Å²) >= 11 is 5.90. The second kappa shape index (κ2) is 8.77. The van der Waals surface area contributed by atoms with Gasteiger partial charge in [0.25, 0.3) is 5.91 Å². The summed E-state index contributed by atoms with van der Waals surface area (Å²) in [5, 5.41) is 0.283. The van der Waals surface area contributed by atoms with E-state index in [0.717, 1.165) is 6.42 Å². The number of carbonyl (C=O) groups is 2. The normalized spacial score (nSPS) is 25.1. The number of nitrogens with two attached hydrogens (primary N) is 1. The average molecular weight is 434 g/mol. The Morgan fingerprint density at radius 2 is 1.93 bits per heavy atom. The lowest BCUT2D eigenvalue weighted by atomic mass is 9.81. The molecule has 2 aliphatic rings. The van der Waals surface area contributed by atoms with E-state index in [1.165, 1.54) is 12.3 Å². The van der Waals surface area contributed by atoms with E-state index in [0.29, 0.717) is 13.0 Å². The van der Waals surface area contributed by atoms with E-state index in [9.17, 15) is 22.8 Å². The van der Waals surface area contributed by atoms with Crippen LogP contribution in [0.3, 0.4) is 0 Å². The van der Waals surface area contributed by atoms with Crippen molar-refractivity contribution in [2.45, 2.75) is 50.7 Å². The van der Waals surface area contributed by atoms with E-state index in [1.807, 2.05) is 0 Å². The molecule has 0 spiro atoms. The highest BCUT2D eigenvalue weighted by molar-refractivity contribution is 6.30. The highest BCUT2D eigenvalue weighted by atomic mass is 35.5. The molecule has 0 unspecified atom stereocenters. The van der Waals surface area contributed by atoms with Crippen LogP contribution in [-0.4, -0.2) is 47.1 Å². The first-order valence-electron chi connectivity index (χ1n) is 9.62. The number of carbonyl (C=O) groups excluding carboxylic acids is 2. The van der Waals surface area contributed by atoms with Crippen LogP contribution in [0, 0.1) is 11.8 Å². The molecule has 0 radical (unpaired) electrons. The summed E-state index contributed by atoms with van der Waals surface area (Å²) in [4.78, 5) is 30.0. The van der Waals surface area contributed by atoms with Crippen molar-refractivity contribution in [3.63, 3.8) is 0 Å². The van der Waals surface area contributed by atoms with Gasteiger partial charge in [0.1, 0.15) is 6.61 Å². The average Bonchev–Trinajstić information content (AvgIpc) is 3.13. The minimum atomic E-state index is -4.19. The van der Waals surface area contributed by atoms with Gasteiger partial charge in [-0.25, -0.2) is 4.98 Å². The van der Waals surface area contributed by atoms with Gasteiger partial charge in [0, 0.05) is 24.7 Å². The standard InChI is InChI=1S/C19H23ClF3N3O3/c20-13-8-15(16(17(24)27)25-9-13)29-10-14-2-1-7-26(14)18(28)11-3-5-12(6-4-11)19(21,22)23/h8-9,11-12,14H,1-7,10H2,(H2,24,27)/t11-,12+,14-/m1/s1. The van der Waals surface area contributed by atoms with E-state index in [4.69, 9.17) is 22.1 Å². The molecule has 2 heterocycles. The number of halogens is 4. The van der Waals surface area contributed by atoms with Crippen molar-refractivity contribution >= 4 is 23.4 Å². The molecule has 29 heavy (non-hydrogen) atoms. The first-order chi connectivity index (χ1) is 13.7. The third-order valence-electron chi connectivity index (χ3n) is 5.68. The van der Waals surface area contributed by atoms with E-state index in [-0.39, 0.29) is 66.6 Å². The number of likely N-dealkylation sites (tertiary alicyclic amines) is 1. The number of hydrogen-bond donors (Lipinski definition) is 1. The zero-order valence-electron chi connectivity index (χ0n) is 15.8. The lowest BCUT2D eigenvalue weighted by Crippen LogP contribution is -2.44. The van der Waals surface area contributed by atoms with Crippen molar-refractivity contribution in [1.29, 1.82) is 0 Å². The number of aromatic nitrogens is 1. The smallest absolute Gasteiger partial charge is 0.391 e. The third kappa shape index (κ3) is 5.12. The summed E-state index contributed by atoms with van der Waals surface area (Å²) in [6.07, 6.45) is -0.930. The van der Waals surface area contributed by atoms with Crippen molar-refractivity contribution in [2.24, 2.45) is 17.6 Å². The van der Waals surface area contributed by atoms with Crippen molar-refractivity contribution in [3.05, 3.63) is 23.0 Å². The number of hydrogen-bond acceptors (Lipinski definition) is 4. The number of rotatable bonds is 5. The summed E-state index contributed by atoms with van der Waals surface area (Å²) in [5.41, 5.74) is 5.25. The zero-order valence-corrected chi connectivity index (χ0v) is 16.5. The topological polar surface area (TPSA) is 85.5 Å². The number of pyridine rings is 1. The molecule has 160 valence electrons. The van der Waals surface area contributed by atoms with Gasteiger partial charge in [-0.05, 0) is 38.5 Å². The van der Waals surface area contributed by atoms with Gasteiger partial charge >= 0.3 is 6.18 Å². The molecule has 1 saturated carbocycles. The molecule has 2 N–H and O–H groups in total. The van der Waals surface area contributed by atoms with E-state index >= 15 is 0 Å². The Hall–Kier alpha value is -2.03. The quantitative estimate of drug-likeness (QED) is 0.769. The Labute approximate surface area is 171 Å². The van der Waals surface area contributed by atoms with Crippen molar-refractivity contribution in [2.75, 3.05) is 13.2 Å². The molecule has 10 heteroatoms. The number of alkyl halides is 3. The van der Waals surface area contributed by atoms with Crippen LogP contribution in [0.25, 0.3) is 0 Å². The number of amides is 2. The fraction of sp³-hybridized carbons (Fsp3) is 0.632. The van der Waals surface area contributed by atoms with Gasteiger partial charge in [0.15, 0.2) is 11.4 Å². The first-order valence-corrected chi connectivity index (χ1v) is 10.00. The predicted molar refractivity (Wildman–Crippen MR) is 99.5 cm³/mol. The monoisotopic (exact) mass is 433 g/mol. The van der Waals surface area contributed by atoms with Crippen LogP contribution in [0.2, 0.25) is 5.02 Å². The second-order valence-electron chi connectivity index (χ2n) is 7.59. The molecular weight excluding hydrogens is 411 g/mol. The van der Waals surface area contributed by atoms with Crippen LogP contribution in [-0.2, 0) is 4.79 Å². The number of primary amides is 1. The number of ether oxygens (including phenoxy) is 1. The van der Waals surface area contributed by atoms with E-state index < -0.39 is 18.0 Å². The molecule has 0 bridgehead atoms. The van der Waals surface area contributed by atoms with Gasteiger partial charge in [-0.2, -0.15) is 13.2 Å². The largest absolute Gasteiger partial charge is 0.489 e. The fourth-order valence-corrected chi connectivity index (χ4v) is 4.25. The number of nitrogens with zero attached hydrogens (tertiary/aromatic N) is 2. The van der Waals surface area contributed by atoms with E-state index in [1.54, 1.807) is 4.90 Å². The van der Waals surface area contributed by atoms with Crippen LogP contribution < -0.4 is 10.5 Å². The zero-order chi connectivity index (χ0) is 21.2. The Bertz CT molecular complexity index is 767. The fourth-order valence-electron chi connectivity index (χ4n) is 4.10. The lowest BCUT2D eigenvalue weighted by Gasteiger charge is -2.33. The lowest BCUT2D eigenvalue weighted by molar-refractivity contribution is -0.185. The maximum absolute atomic E-state index is 12.9.